The SMILES string of the molecule is BC(O)(c1ccc(C(O)(O)Oc2cccc3c2C(O)(O)N(C(O)(CCC=O)C(=O)NC)C3=O)cc1)N1CCOCC1. The predicted octanol–water partition coefficient (Wildman–Crippen LogP) is -3.11. The van der Waals surface area contributed by atoms with Gasteiger partial charge in [-0.05, 0) is 29.8 Å². The molecule has 2 heterocycles. The molecule has 1 fully saturated rings. The van der Waals surface area contributed by atoms with Crippen LogP contribution in [0, 0.1) is 0 Å². The average molecular weight is 573 g/mol. The first-order valence-corrected chi connectivity index (χ1v) is 12.8. The first-order valence-electron chi connectivity index (χ1n) is 12.8. The first kappa shape index (κ1) is 30.6. The highest BCUT2D eigenvalue weighted by Crippen LogP contribution is 2.46. The van der Waals surface area contributed by atoms with E-state index in [9.17, 15) is 45.0 Å². The summed E-state index contributed by atoms with van der Waals surface area (Å²) < 4.78 is 10.7. The zero-order valence-electron chi connectivity index (χ0n) is 22.5. The number of likely N-dealkylation sites (N-methyl/N-ethyl adjacent to an activating group) is 1. The highest BCUT2D eigenvalue weighted by Gasteiger charge is 2.61. The van der Waals surface area contributed by atoms with E-state index in [1.807, 2.05) is 0 Å². The van der Waals surface area contributed by atoms with Crippen molar-refractivity contribution in [1.82, 2.24) is 15.1 Å². The zero-order valence-corrected chi connectivity index (χ0v) is 22.5. The molecule has 41 heavy (non-hydrogen) atoms. The number of benzene rings is 2. The van der Waals surface area contributed by atoms with Gasteiger partial charge in [0.05, 0.1) is 29.9 Å². The maximum Gasteiger partial charge on any atom is 0.351 e. The summed E-state index contributed by atoms with van der Waals surface area (Å²) in [5, 5.41) is 68.2. The maximum absolute atomic E-state index is 13.3. The third kappa shape index (κ3) is 5.34. The maximum atomic E-state index is 13.3. The number of hydrogen-bond acceptors (Lipinski definition) is 12. The minimum Gasteiger partial charge on any atom is -0.435 e. The van der Waals surface area contributed by atoms with Crippen molar-refractivity contribution in [1.29, 1.82) is 0 Å². The van der Waals surface area contributed by atoms with Gasteiger partial charge >= 0.3 is 5.97 Å². The summed E-state index contributed by atoms with van der Waals surface area (Å²) in [5.41, 5.74) is -5.07. The van der Waals surface area contributed by atoms with Crippen molar-refractivity contribution in [2.75, 3.05) is 33.4 Å². The van der Waals surface area contributed by atoms with Crippen molar-refractivity contribution in [2.45, 2.75) is 36.1 Å². The minimum atomic E-state index is -3.37. The van der Waals surface area contributed by atoms with Crippen LogP contribution in [0.4, 0.5) is 0 Å². The molecule has 2 atom stereocenters. The van der Waals surface area contributed by atoms with E-state index < -0.39 is 64.8 Å². The predicted molar refractivity (Wildman–Crippen MR) is 141 cm³/mol. The summed E-state index contributed by atoms with van der Waals surface area (Å²) in [5.74, 6) is -9.39. The van der Waals surface area contributed by atoms with E-state index in [-0.39, 0.29) is 10.5 Å². The Kier molecular flexibility index (Phi) is 8.28. The number of fused-ring (bicyclic) bond motifs is 1. The largest absolute Gasteiger partial charge is 0.435 e. The standard InChI is InChI=1S/C26H32BN3O11/c1-28-22(33)23(34,10-3-13-31)30-21(32)18-4-2-5-19(20(18)25(30,36)37)41-26(38,39)17-8-6-16(7-9-17)24(27,35)29-11-14-40-15-12-29/h2,4-9,13,34-39H,3,10-12,14-15,27H2,1H3,(H,28,33). The Morgan fingerprint density at radius 2 is 1.71 bits per heavy atom. The summed E-state index contributed by atoms with van der Waals surface area (Å²) in [4.78, 5) is 38.7. The van der Waals surface area contributed by atoms with E-state index in [1.165, 1.54) is 30.3 Å². The molecule has 4 rings (SSSR count). The van der Waals surface area contributed by atoms with Crippen molar-refractivity contribution in [3.63, 3.8) is 0 Å². The normalized spacial score (nSPS) is 20.1. The smallest absolute Gasteiger partial charge is 0.351 e. The molecule has 220 valence electrons. The van der Waals surface area contributed by atoms with Gasteiger partial charge in [0.15, 0.2) is 7.85 Å². The molecule has 2 aliphatic rings. The number of aldehydes is 1. The molecule has 0 aromatic heterocycles. The quantitative estimate of drug-likeness (QED) is 0.0856. The summed E-state index contributed by atoms with van der Waals surface area (Å²) in [6, 6.07) is 9.06. The van der Waals surface area contributed by atoms with Crippen LogP contribution >= 0.6 is 0 Å². The topological polar surface area (TPSA) is 210 Å². The number of nitrogens with zero attached hydrogens (tertiary/aromatic N) is 2. The molecule has 0 bridgehead atoms. The number of ether oxygens (including phenoxy) is 2. The summed E-state index contributed by atoms with van der Waals surface area (Å²) in [6.45, 7) is 1.89. The van der Waals surface area contributed by atoms with E-state index in [4.69, 9.17) is 9.47 Å². The molecule has 2 aromatic carbocycles. The highest BCUT2D eigenvalue weighted by molar-refractivity contribution is 6.14. The van der Waals surface area contributed by atoms with Crippen molar-refractivity contribution in [3.8, 4) is 5.75 Å². The Labute approximate surface area is 235 Å². The van der Waals surface area contributed by atoms with E-state index in [0.29, 0.717) is 38.2 Å². The second-order valence-corrected chi connectivity index (χ2v) is 9.96. The van der Waals surface area contributed by atoms with Crippen LogP contribution in [0.25, 0.3) is 0 Å². The van der Waals surface area contributed by atoms with Crippen molar-refractivity contribution < 1.29 is 54.5 Å². The number of carbonyl (C=O) groups excluding carboxylic acids is 3. The van der Waals surface area contributed by atoms with Gasteiger partial charge in [0.25, 0.3) is 17.7 Å². The van der Waals surface area contributed by atoms with Crippen LogP contribution in [0.5, 0.6) is 5.75 Å². The fraction of sp³-hybridized carbons (Fsp3) is 0.423. The Hall–Kier alpha value is -3.41. The molecule has 2 amide bonds. The number of rotatable bonds is 10. The van der Waals surface area contributed by atoms with Crippen LogP contribution < -0.4 is 10.1 Å². The van der Waals surface area contributed by atoms with Crippen molar-refractivity contribution in [3.05, 3.63) is 64.7 Å². The van der Waals surface area contributed by atoms with Crippen molar-refractivity contribution in [2.24, 2.45) is 0 Å². The Balaban J connectivity index is 1.66. The van der Waals surface area contributed by atoms with Crippen molar-refractivity contribution >= 4 is 25.9 Å². The van der Waals surface area contributed by atoms with Gasteiger partial charge in [-0.2, -0.15) is 0 Å². The lowest BCUT2D eigenvalue weighted by molar-refractivity contribution is -0.314. The van der Waals surface area contributed by atoms with Gasteiger partial charge in [-0.25, -0.2) is 4.90 Å². The first-order chi connectivity index (χ1) is 19.2. The molecule has 14 nitrogen and oxygen atoms in total. The van der Waals surface area contributed by atoms with Gasteiger partial charge in [0.2, 0.25) is 5.72 Å². The molecule has 7 N–H and O–H groups in total. The van der Waals surface area contributed by atoms with Crippen LogP contribution in [0.15, 0.2) is 42.5 Å². The number of hydrogen-bond donors (Lipinski definition) is 7. The van der Waals surface area contributed by atoms with Gasteiger partial charge in [-0.3, -0.25) is 14.5 Å². The Bertz CT molecular complexity index is 1310. The molecular weight excluding hydrogens is 541 g/mol. The summed E-state index contributed by atoms with van der Waals surface area (Å²) in [7, 11) is 2.74. The molecular formula is C26H32BN3O11. The van der Waals surface area contributed by atoms with Crippen LogP contribution in [-0.4, -0.2) is 105 Å². The van der Waals surface area contributed by atoms with Crippen LogP contribution in [-0.2, 0) is 31.8 Å². The third-order valence-corrected chi connectivity index (χ3v) is 7.37. The van der Waals surface area contributed by atoms with Crippen LogP contribution in [0.1, 0.15) is 39.9 Å². The summed E-state index contributed by atoms with van der Waals surface area (Å²) in [6.07, 6.45) is -0.697. The number of carbonyl (C=O) groups is 3. The lowest BCUT2D eigenvalue weighted by Gasteiger charge is -2.41. The number of amides is 2. The van der Waals surface area contributed by atoms with Gasteiger partial charge in [-0.15, -0.1) is 0 Å². The van der Waals surface area contributed by atoms with E-state index in [0.717, 1.165) is 19.2 Å². The molecule has 2 aliphatic heterocycles. The molecule has 0 radical (unpaired) electrons. The summed E-state index contributed by atoms with van der Waals surface area (Å²) >= 11 is 0. The Morgan fingerprint density at radius 3 is 2.29 bits per heavy atom. The molecule has 0 saturated carbocycles. The lowest BCUT2D eigenvalue weighted by Crippen LogP contribution is -2.64. The highest BCUT2D eigenvalue weighted by atomic mass is 16.8. The van der Waals surface area contributed by atoms with Crippen LogP contribution in [0.3, 0.4) is 0 Å². The molecule has 1 saturated heterocycles. The monoisotopic (exact) mass is 573 g/mol. The molecule has 2 aromatic rings. The lowest BCUT2D eigenvalue weighted by atomic mass is 9.81. The number of aliphatic hydroxyl groups is 6. The zero-order chi connectivity index (χ0) is 30.2. The van der Waals surface area contributed by atoms with Crippen LogP contribution in [0.2, 0.25) is 0 Å². The fourth-order valence-electron chi connectivity index (χ4n) is 5.12. The van der Waals surface area contributed by atoms with Gasteiger partial charge in [-0.1, -0.05) is 18.2 Å². The van der Waals surface area contributed by atoms with Gasteiger partial charge < -0.3 is 50.2 Å². The molecule has 0 spiro atoms. The van der Waals surface area contributed by atoms with E-state index in [1.54, 1.807) is 12.7 Å². The van der Waals surface area contributed by atoms with Gasteiger partial charge in [0.1, 0.15) is 17.7 Å². The minimum absolute atomic E-state index is 0.0960. The number of morpholine rings is 1. The number of nitrogens with one attached hydrogen (secondary N) is 1. The second-order valence-electron chi connectivity index (χ2n) is 9.96. The van der Waals surface area contributed by atoms with E-state index >= 15 is 0 Å². The fourth-order valence-corrected chi connectivity index (χ4v) is 5.12. The average Bonchev–Trinajstić information content (AvgIpc) is 3.17. The second kappa shape index (κ2) is 11.1. The molecule has 0 aliphatic carbocycles. The molecule has 2 unspecified atom stereocenters. The van der Waals surface area contributed by atoms with E-state index in [2.05, 4.69) is 5.32 Å². The van der Waals surface area contributed by atoms with Gasteiger partial charge in [0, 0.05) is 33.0 Å². The third-order valence-electron chi connectivity index (χ3n) is 7.37. The Morgan fingerprint density at radius 1 is 1.10 bits per heavy atom. The molecule has 15 heteroatoms.